The first kappa shape index (κ1) is 92.5. The number of hydrogen-bond donors (Lipinski definition) is 3. The quantitative estimate of drug-likeness (QED) is 0.0169. The third kappa shape index (κ3) is 69.8. The maximum atomic E-state index is 13.1. The van der Waals surface area contributed by atoms with E-state index in [4.69, 9.17) is 37.0 Å². The molecule has 0 saturated carbocycles. The van der Waals surface area contributed by atoms with E-state index in [2.05, 4.69) is 65.8 Å². The van der Waals surface area contributed by atoms with E-state index in [1.165, 1.54) is 161 Å². The zero-order chi connectivity index (χ0) is 70.0. The van der Waals surface area contributed by atoms with Gasteiger partial charge in [0.05, 0.1) is 26.4 Å². The number of aliphatic hydroxyl groups is 1. The lowest BCUT2D eigenvalue weighted by Crippen LogP contribution is -2.30. The van der Waals surface area contributed by atoms with Crippen LogP contribution in [0.15, 0.2) is 24.3 Å². The van der Waals surface area contributed by atoms with Crippen molar-refractivity contribution in [2.24, 2.45) is 11.8 Å². The molecule has 0 fully saturated rings. The molecule has 560 valence electrons. The van der Waals surface area contributed by atoms with Gasteiger partial charge >= 0.3 is 39.5 Å². The number of aliphatic hydroxyl groups excluding tert-OH is 1. The SMILES string of the molecule is CCCCCC/C=C\C=C/CCCCCCCC(=O)OC[C@H](COP(=O)(O)OC[C@@H](O)COP(=O)(O)OC[C@@H](COC(=O)CCCCCCCCCC)OC(=O)CCCCCCCCCCCCC(C)C)OC(=O)CCCCCCCCCCCCCCCCCCC(C)C. The lowest BCUT2D eigenvalue weighted by Gasteiger charge is -2.21. The van der Waals surface area contributed by atoms with Crippen molar-refractivity contribution in [3.05, 3.63) is 24.3 Å². The van der Waals surface area contributed by atoms with Gasteiger partial charge in [0.25, 0.3) is 0 Å². The van der Waals surface area contributed by atoms with E-state index in [9.17, 15) is 43.2 Å². The summed E-state index contributed by atoms with van der Waals surface area (Å²) >= 11 is 0. The summed E-state index contributed by atoms with van der Waals surface area (Å²) in [7, 11) is -9.92. The Balaban J connectivity index is 5.24. The molecule has 0 rings (SSSR count). The molecule has 0 aromatic rings. The van der Waals surface area contributed by atoms with Gasteiger partial charge in [-0.3, -0.25) is 37.3 Å². The third-order valence-electron chi connectivity index (χ3n) is 17.1. The van der Waals surface area contributed by atoms with Crippen molar-refractivity contribution in [2.75, 3.05) is 39.6 Å². The molecule has 0 amide bonds. The maximum Gasteiger partial charge on any atom is 0.472 e. The monoisotopic (exact) mass is 1390 g/mol. The fraction of sp³-hybridized carbons (Fsp3) is 0.895. The van der Waals surface area contributed by atoms with Crippen LogP contribution in [0.4, 0.5) is 0 Å². The molecule has 0 radical (unpaired) electrons. The second kappa shape index (κ2) is 67.4. The highest BCUT2D eigenvalue weighted by Gasteiger charge is 2.30. The van der Waals surface area contributed by atoms with Crippen LogP contribution >= 0.6 is 15.6 Å². The molecule has 0 spiro atoms. The molecule has 0 aliphatic heterocycles. The first-order chi connectivity index (χ1) is 45.9. The topological polar surface area (TPSA) is 237 Å². The van der Waals surface area contributed by atoms with Crippen LogP contribution in [0.2, 0.25) is 0 Å². The summed E-state index contributed by atoms with van der Waals surface area (Å²) in [6, 6.07) is 0. The Hall–Kier alpha value is -2.46. The third-order valence-corrected chi connectivity index (χ3v) is 19.0. The standard InChI is InChI=1S/C76H144O17P2/c1-7-9-11-13-15-17-18-19-22-26-29-35-41-47-53-59-74(79)87-65-72(93-75(80)60-54-48-42-36-30-27-24-21-20-23-25-28-33-38-44-50-56-68(3)4)67-91-95(84,85)89-63-70(77)62-88-94(82,83)90-66-71(64-86-73(78)58-52-46-40-16-14-12-10-8-2)92-76(81)61-55-49-43-37-32-31-34-39-45-51-57-69(5)6/h17-19,22,68-72,77H,7-16,20-21,23-67H2,1-6H3,(H,82,83)(H,84,85)/b18-17-,22-19-/t70-,71+,72+/m0/s1. The van der Waals surface area contributed by atoms with Crippen LogP contribution < -0.4 is 0 Å². The molecule has 0 heterocycles. The minimum Gasteiger partial charge on any atom is -0.462 e. The van der Waals surface area contributed by atoms with Crippen molar-refractivity contribution in [3.63, 3.8) is 0 Å². The Morgan fingerprint density at radius 1 is 0.326 bits per heavy atom. The van der Waals surface area contributed by atoms with E-state index in [1.807, 2.05) is 0 Å². The number of unbranched alkanes of at least 4 members (excludes halogenated alkanes) is 40. The summed E-state index contributed by atoms with van der Waals surface area (Å²) in [5.41, 5.74) is 0. The highest BCUT2D eigenvalue weighted by molar-refractivity contribution is 7.47. The normalized spacial score (nSPS) is 14.2. The van der Waals surface area contributed by atoms with Gasteiger partial charge in [-0.15, -0.1) is 0 Å². The zero-order valence-electron chi connectivity index (χ0n) is 61.5. The Bertz CT molecular complexity index is 1930. The van der Waals surface area contributed by atoms with Crippen LogP contribution in [0.5, 0.6) is 0 Å². The molecular formula is C76H144O17P2. The first-order valence-electron chi connectivity index (χ1n) is 38.8. The van der Waals surface area contributed by atoms with Gasteiger partial charge in [-0.05, 0) is 63.2 Å². The van der Waals surface area contributed by atoms with Crippen LogP contribution in [0.3, 0.4) is 0 Å². The van der Waals surface area contributed by atoms with Crippen LogP contribution in [-0.4, -0.2) is 96.7 Å². The zero-order valence-corrected chi connectivity index (χ0v) is 63.2. The molecule has 95 heavy (non-hydrogen) atoms. The Kier molecular flexibility index (Phi) is 65.6. The minimum absolute atomic E-state index is 0.101. The van der Waals surface area contributed by atoms with Crippen LogP contribution in [0.1, 0.15) is 369 Å². The number of rotatable bonds is 73. The molecule has 3 N–H and O–H groups in total. The Labute approximate surface area is 580 Å². The van der Waals surface area contributed by atoms with Gasteiger partial charge in [0.1, 0.15) is 19.3 Å². The number of ether oxygens (including phenoxy) is 4. The maximum absolute atomic E-state index is 13.1. The molecule has 0 saturated heterocycles. The highest BCUT2D eigenvalue weighted by atomic mass is 31.2. The molecule has 0 aromatic carbocycles. The number of allylic oxidation sites excluding steroid dienone is 4. The van der Waals surface area contributed by atoms with E-state index < -0.39 is 97.5 Å². The summed E-state index contributed by atoms with van der Waals surface area (Å²) in [6.07, 6.45) is 57.7. The lowest BCUT2D eigenvalue weighted by atomic mass is 10.0. The number of hydrogen-bond acceptors (Lipinski definition) is 15. The smallest absolute Gasteiger partial charge is 0.462 e. The second-order valence-corrected chi connectivity index (χ2v) is 30.6. The summed E-state index contributed by atoms with van der Waals surface area (Å²) < 4.78 is 68.4. The predicted molar refractivity (Wildman–Crippen MR) is 386 cm³/mol. The number of phosphoric acid groups is 2. The van der Waals surface area contributed by atoms with Crippen molar-refractivity contribution in [1.29, 1.82) is 0 Å². The summed E-state index contributed by atoms with van der Waals surface area (Å²) in [4.78, 5) is 72.7. The van der Waals surface area contributed by atoms with Gasteiger partial charge in [0, 0.05) is 25.7 Å². The van der Waals surface area contributed by atoms with Gasteiger partial charge in [0.2, 0.25) is 0 Å². The number of carbonyl (C=O) groups is 4. The van der Waals surface area contributed by atoms with Crippen molar-refractivity contribution in [3.8, 4) is 0 Å². The fourth-order valence-corrected chi connectivity index (χ4v) is 12.7. The average molecular weight is 1390 g/mol. The highest BCUT2D eigenvalue weighted by Crippen LogP contribution is 2.45. The van der Waals surface area contributed by atoms with E-state index in [0.29, 0.717) is 25.7 Å². The summed E-state index contributed by atoms with van der Waals surface area (Å²) in [6.45, 7) is 9.52. The lowest BCUT2D eigenvalue weighted by molar-refractivity contribution is -0.161. The van der Waals surface area contributed by atoms with E-state index in [1.54, 1.807) is 0 Å². The predicted octanol–water partition coefficient (Wildman–Crippen LogP) is 21.9. The van der Waals surface area contributed by atoms with Crippen molar-refractivity contribution in [2.45, 2.75) is 387 Å². The van der Waals surface area contributed by atoms with Crippen LogP contribution in [0, 0.1) is 11.8 Å². The fourth-order valence-electron chi connectivity index (χ4n) is 11.1. The van der Waals surface area contributed by atoms with Gasteiger partial charge in [-0.2, -0.15) is 0 Å². The Morgan fingerprint density at radius 2 is 0.568 bits per heavy atom. The first-order valence-corrected chi connectivity index (χ1v) is 41.8. The van der Waals surface area contributed by atoms with E-state index >= 15 is 0 Å². The molecule has 2 unspecified atom stereocenters. The van der Waals surface area contributed by atoms with Crippen molar-refractivity contribution in [1.82, 2.24) is 0 Å². The van der Waals surface area contributed by atoms with Crippen LogP contribution in [0.25, 0.3) is 0 Å². The summed E-state index contributed by atoms with van der Waals surface area (Å²) in [5, 5.41) is 10.6. The van der Waals surface area contributed by atoms with Crippen LogP contribution in [-0.2, 0) is 65.4 Å². The molecule has 5 atom stereocenters. The van der Waals surface area contributed by atoms with Gasteiger partial charge in [-0.25, -0.2) is 9.13 Å². The van der Waals surface area contributed by atoms with E-state index in [-0.39, 0.29) is 25.7 Å². The molecule has 0 bridgehead atoms. The molecular weight excluding hydrogens is 1250 g/mol. The molecule has 17 nitrogen and oxygen atoms in total. The van der Waals surface area contributed by atoms with Crippen molar-refractivity contribution < 1.29 is 80.2 Å². The van der Waals surface area contributed by atoms with Gasteiger partial charge in [-0.1, -0.05) is 316 Å². The number of phosphoric ester groups is 2. The van der Waals surface area contributed by atoms with E-state index in [0.717, 1.165) is 127 Å². The molecule has 0 aliphatic carbocycles. The van der Waals surface area contributed by atoms with Gasteiger partial charge < -0.3 is 33.8 Å². The summed E-state index contributed by atoms with van der Waals surface area (Å²) in [5.74, 6) is -0.591. The molecule has 19 heteroatoms. The average Bonchev–Trinajstić information content (AvgIpc) is 1.51. The molecule has 0 aliphatic rings. The second-order valence-electron chi connectivity index (χ2n) is 27.7. The Morgan fingerprint density at radius 3 is 0.863 bits per heavy atom. The minimum atomic E-state index is -4.96. The van der Waals surface area contributed by atoms with Gasteiger partial charge in [0.15, 0.2) is 12.2 Å². The van der Waals surface area contributed by atoms with Crippen molar-refractivity contribution >= 4 is 39.5 Å². The molecule has 0 aromatic heterocycles. The largest absolute Gasteiger partial charge is 0.472 e. The number of esters is 4. The number of carbonyl (C=O) groups excluding carboxylic acids is 4.